The predicted octanol–water partition coefficient (Wildman–Crippen LogP) is 0.643. The van der Waals surface area contributed by atoms with Crippen molar-refractivity contribution >= 4 is 10.1 Å². The van der Waals surface area contributed by atoms with Gasteiger partial charge in [-0.05, 0) is 12.3 Å². The minimum Gasteiger partial charge on any atom is -0.198 e. The van der Waals surface area contributed by atoms with Crippen molar-refractivity contribution in [2.75, 3.05) is 5.75 Å². The number of rotatable bonds is 5. The van der Waals surface area contributed by atoms with E-state index in [9.17, 15) is 8.42 Å². The summed E-state index contributed by atoms with van der Waals surface area (Å²) in [5, 5.41) is 0. The highest BCUT2D eigenvalue weighted by molar-refractivity contribution is 7.86. The highest BCUT2D eigenvalue weighted by atomic mass is 32.2. The van der Waals surface area contributed by atoms with Crippen molar-refractivity contribution < 1.29 is 12.7 Å². The zero-order valence-corrected chi connectivity index (χ0v) is 7.73. The number of nitrogens with two attached hydrogens (primary N) is 1. The minimum atomic E-state index is -3.45. The van der Waals surface area contributed by atoms with Gasteiger partial charge in [0.05, 0.1) is 5.75 Å². The van der Waals surface area contributed by atoms with E-state index in [1.807, 2.05) is 13.8 Å². The lowest BCUT2D eigenvalue weighted by molar-refractivity contribution is 0.330. The van der Waals surface area contributed by atoms with Gasteiger partial charge < -0.3 is 0 Å². The number of hydrogen-bond acceptors (Lipinski definition) is 4. The molecule has 11 heavy (non-hydrogen) atoms. The molecule has 0 aromatic carbocycles. The molecule has 2 N–H and O–H groups in total. The molecule has 0 aromatic rings. The van der Waals surface area contributed by atoms with E-state index in [1.54, 1.807) is 0 Å². The van der Waals surface area contributed by atoms with Gasteiger partial charge in [0.2, 0.25) is 0 Å². The summed E-state index contributed by atoms with van der Waals surface area (Å²) in [6.45, 7) is 4.01. The Morgan fingerprint density at radius 2 is 2.09 bits per heavy atom. The van der Waals surface area contributed by atoms with Crippen molar-refractivity contribution in [2.45, 2.75) is 26.7 Å². The van der Waals surface area contributed by atoms with Crippen molar-refractivity contribution in [3.63, 3.8) is 0 Å². The molecule has 0 saturated heterocycles. The zero-order chi connectivity index (χ0) is 8.91. The second-order valence-corrected chi connectivity index (χ2v) is 4.38. The first-order valence-electron chi connectivity index (χ1n) is 3.63. The van der Waals surface area contributed by atoms with E-state index in [4.69, 9.17) is 0 Å². The first-order valence-corrected chi connectivity index (χ1v) is 5.20. The average Bonchev–Trinajstić information content (AvgIpc) is 2.00. The van der Waals surface area contributed by atoms with E-state index in [-0.39, 0.29) is 5.75 Å². The summed E-state index contributed by atoms with van der Waals surface area (Å²) in [5.41, 5.74) is 0. The molecular weight excluding hydrogens is 166 g/mol. The molecule has 0 heterocycles. The monoisotopic (exact) mass is 181 g/mol. The summed E-state index contributed by atoms with van der Waals surface area (Å²) in [6, 6.07) is 0. The topological polar surface area (TPSA) is 69.4 Å². The molecular formula is C6H15NO3S. The van der Waals surface area contributed by atoms with E-state index in [0.717, 1.165) is 6.42 Å². The molecule has 0 aromatic heterocycles. The van der Waals surface area contributed by atoms with Gasteiger partial charge in [-0.3, -0.25) is 0 Å². The highest BCUT2D eigenvalue weighted by Gasteiger charge is 2.10. The zero-order valence-electron chi connectivity index (χ0n) is 6.91. The van der Waals surface area contributed by atoms with Crippen LogP contribution in [0.2, 0.25) is 0 Å². The Morgan fingerprint density at radius 3 is 2.45 bits per heavy atom. The maximum Gasteiger partial charge on any atom is 0.283 e. The molecule has 0 aliphatic rings. The second-order valence-electron chi connectivity index (χ2n) is 2.66. The highest BCUT2D eigenvalue weighted by Crippen LogP contribution is 2.07. The summed E-state index contributed by atoms with van der Waals surface area (Å²) in [7, 11) is -3.45. The number of hydrogen-bond donors (Lipinski definition) is 1. The van der Waals surface area contributed by atoms with Crippen LogP contribution in [-0.2, 0) is 14.4 Å². The fourth-order valence-electron chi connectivity index (χ4n) is 0.598. The Morgan fingerprint density at radius 1 is 1.55 bits per heavy atom. The predicted molar refractivity (Wildman–Crippen MR) is 43.1 cm³/mol. The Kier molecular flexibility index (Phi) is 4.63. The maximum atomic E-state index is 10.7. The quantitative estimate of drug-likeness (QED) is 0.632. The SMILES string of the molecule is CCC(C)CCS(=O)(=O)ON. The van der Waals surface area contributed by atoms with Gasteiger partial charge in [-0.25, -0.2) is 0 Å². The molecule has 0 aliphatic carbocycles. The van der Waals surface area contributed by atoms with Gasteiger partial charge in [-0.15, -0.1) is 0 Å². The molecule has 0 saturated carbocycles. The molecule has 4 nitrogen and oxygen atoms in total. The van der Waals surface area contributed by atoms with E-state index >= 15 is 0 Å². The van der Waals surface area contributed by atoms with E-state index in [0.29, 0.717) is 12.3 Å². The van der Waals surface area contributed by atoms with Crippen molar-refractivity contribution in [1.82, 2.24) is 0 Å². The van der Waals surface area contributed by atoms with Crippen LogP contribution >= 0.6 is 0 Å². The molecule has 0 fully saturated rings. The van der Waals surface area contributed by atoms with Crippen molar-refractivity contribution in [3.05, 3.63) is 0 Å². The standard InChI is InChI=1S/C6H15NO3S/c1-3-6(2)4-5-11(8,9)10-7/h6H,3-5,7H2,1-2H3. The summed E-state index contributed by atoms with van der Waals surface area (Å²) < 4.78 is 25.1. The van der Waals surface area contributed by atoms with Crippen LogP contribution in [0.4, 0.5) is 0 Å². The Balaban J connectivity index is 3.71. The third kappa shape index (κ3) is 5.17. The van der Waals surface area contributed by atoms with E-state index in [2.05, 4.69) is 10.2 Å². The van der Waals surface area contributed by atoms with Crippen LogP contribution in [0.25, 0.3) is 0 Å². The lowest BCUT2D eigenvalue weighted by Gasteiger charge is -2.06. The van der Waals surface area contributed by atoms with Crippen LogP contribution in [0.5, 0.6) is 0 Å². The first kappa shape index (κ1) is 10.9. The van der Waals surface area contributed by atoms with Gasteiger partial charge in [0.25, 0.3) is 10.1 Å². The normalized spacial score (nSPS) is 14.8. The summed E-state index contributed by atoms with van der Waals surface area (Å²) in [6.07, 6.45) is 1.58. The molecule has 5 heteroatoms. The fourth-order valence-corrected chi connectivity index (χ4v) is 1.39. The molecule has 0 bridgehead atoms. The summed E-state index contributed by atoms with van der Waals surface area (Å²) in [4.78, 5) is 0. The van der Waals surface area contributed by atoms with E-state index < -0.39 is 10.1 Å². The Hall–Kier alpha value is -0.130. The minimum absolute atomic E-state index is 0.0124. The summed E-state index contributed by atoms with van der Waals surface area (Å²) >= 11 is 0. The maximum absolute atomic E-state index is 10.7. The van der Waals surface area contributed by atoms with Gasteiger partial charge >= 0.3 is 0 Å². The van der Waals surface area contributed by atoms with Crippen molar-refractivity contribution in [2.24, 2.45) is 11.8 Å². The molecule has 1 atom stereocenters. The smallest absolute Gasteiger partial charge is 0.198 e. The van der Waals surface area contributed by atoms with Crippen LogP contribution in [0.1, 0.15) is 26.7 Å². The van der Waals surface area contributed by atoms with Gasteiger partial charge in [-0.1, -0.05) is 20.3 Å². The van der Waals surface area contributed by atoms with Gasteiger partial charge in [0, 0.05) is 0 Å². The molecule has 0 aliphatic heterocycles. The Labute approximate surface area is 67.8 Å². The third-order valence-electron chi connectivity index (χ3n) is 1.70. The van der Waals surface area contributed by atoms with Crippen LogP contribution in [0.15, 0.2) is 0 Å². The van der Waals surface area contributed by atoms with Gasteiger partial charge in [0.15, 0.2) is 0 Å². The molecule has 0 spiro atoms. The van der Waals surface area contributed by atoms with Gasteiger partial charge in [0.1, 0.15) is 0 Å². The lowest BCUT2D eigenvalue weighted by Crippen LogP contribution is -2.16. The lowest BCUT2D eigenvalue weighted by atomic mass is 10.1. The van der Waals surface area contributed by atoms with Crippen molar-refractivity contribution in [3.8, 4) is 0 Å². The van der Waals surface area contributed by atoms with Crippen LogP contribution in [0.3, 0.4) is 0 Å². The fraction of sp³-hybridized carbons (Fsp3) is 1.00. The largest absolute Gasteiger partial charge is 0.283 e. The molecule has 0 amide bonds. The van der Waals surface area contributed by atoms with Crippen LogP contribution in [-0.4, -0.2) is 14.2 Å². The van der Waals surface area contributed by atoms with Crippen LogP contribution < -0.4 is 5.90 Å². The van der Waals surface area contributed by atoms with E-state index in [1.165, 1.54) is 0 Å². The van der Waals surface area contributed by atoms with Crippen molar-refractivity contribution in [1.29, 1.82) is 0 Å². The average molecular weight is 181 g/mol. The second kappa shape index (κ2) is 4.69. The molecule has 68 valence electrons. The Bertz CT molecular complexity index is 188. The molecule has 1 unspecified atom stereocenters. The third-order valence-corrected chi connectivity index (χ3v) is 2.73. The van der Waals surface area contributed by atoms with Crippen LogP contribution in [0, 0.1) is 5.92 Å². The first-order chi connectivity index (χ1) is 5.02. The summed E-state index contributed by atoms with van der Waals surface area (Å²) in [5.74, 6) is 4.96. The molecule has 0 rings (SSSR count). The van der Waals surface area contributed by atoms with Gasteiger partial charge in [-0.2, -0.15) is 18.6 Å². The molecule has 0 radical (unpaired) electrons.